The molecule has 0 aliphatic heterocycles. The van der Waals surface area contributed by atoms with Gasteiger partial charge in [0.1, 0.15) is 0 Å². The van der Waals surface area contributed by atoms with E-state index in [0.29, 0.717) is 6.54 Å². The molecule has 8 heteroatoms. The monoisotopic (exact) mass is 288 g/mol. The van der Waals surface area contributed by atoms with Gasteiger partial charge in [-0.15, -0.1) is 0 Å². The Morgan fingerprint density at radius 2 is 2.24 bits per heavy atom. The van der Waals surface area contributed by atoms with Crippen molar-refractivity contribution < 1.29 is 14.5 Å². The van der Waals surface area contributed by atoms with Crippen molar-refractivity contribution in [3.63, 3.8) is 0 Å². The van der Waals surface area contributed by atoms with Crippen LogP contribution in [0.25, 0.3) is 0 Å². The number of nitro groups is 1. The Bertz CT molecular complexity index is 660. The molecule has 0 radical (unpaired) electrons. The second kappa shape index (κ2) is 6.42. The van der Waals surface area contributed by atoms with Crippen LogP contribution < -0.4 is 5.32 Å². The number of ether oxygens (including phenoxy) is 1. The SMILES string of the molecule is COC(=O)c1ccc([N+](=O)[O-])c(NCc2cccnc2)n1. The minimum Gasteiger partial charge on any atom is -0.464 e. The summed E-state index contributed by atoms with van der Waals surface area (Å²) in [5.41, 5.74) is 0.611. The van der Waals surface area contributed by atoms with Gasteiger partial charge in [0, 0.05) is 25.0 Å². The van der Waals surface area contributed by atoms with Crippen molar-refractivity contribution in [1.82, 2.24) is 9.97 Å². The van der Waals surface area contributed by atoms with Crippen LogP contribution >= 0.6 is 0 Å². The van der Waals surface area contributed by atoms with Crippen molar-refractivity contribution in [3.05, 3.63) is 58.0 Å². The van der Waals surface area contributed by atoms with Crippen LogP contribution in [0.5, 0.6) is 0 Å². The second-order valence-electron chi connectivity index (χ2n) is 4.03. The zero-order valence-electron chi connectivity index (χ0n) is 11.1. The number of nitrogens with zero attached hydrogens (tertiary/aromatic N) is 3. The molecule has 21 heavy (non-hydrogen) atoms. The summed E-state index contributed by atoms with van der Waals surface area (Å²) < 4.78 is 4.55. The maximum Gasteiger partial charge on any atom is 0.356 e. The van der Waals surface area contributed by atoms with Crippen LogP contribution in [-0.2, 0) is 11.3 Å². The van der Waals surface area contributed by atoms with E-state index in [4.69, 9.17) is 0 Å². The molecule has 108 valence electrons. The van der Waals surface area contributed by atoms with E-state index in [2.05, 4.69) is 20.0 Å². The standard InChI is InChI=1S/C13H12N4O4/c1-21-13(18)10-4-5-11(17(19)20)12(16-10)15-8-9-3-2-6-14-7-9/h2-7H,8H2,1H3,(H,15,16). The number of methoxy groups -OCH3 is 1. The lowest BCUT2D eigenvalue weighted by Crippen LogP contribution is -2.10. The van der Waals surface area contributed by atoms with E-state index >= 15 is 0 Å². The van der Waals surface area contributed by atoms with Gasteiger partial charge in [0.15, 0.2) is 5.69 Å². The third kappa shape index (κ3) is 3.50. The minimum absolute atomic E-state index is 0.00298. The third-order valence-corrected chi connectivity index (χ3v) is 2.65. The molecule has 0 saturated carbocycles. The molecule has 8 nitrogen and oxygen atoms in total. The normalized spacial score (nSPS) is 9.95. The Hall–Kier alpha value is -3.03. The molecule has 0 saturated heterocycles. The molecule has 0 unspecified atom stereocenters. The molecular formula is C13H12N4O4. The predicted molar refractivity (Wildman–Crippen MR) is 73.8 cm³/mol. The summed E-state index contributed by atoms with van der Waals surface area (Å²) in [6.45, 7) is 0.298. The third-order valence-electron chi connectivity index (χ3n) is 2.65. The summed E-state index contributed by atoms with van der Waals surface area (Å²) in [6.07, 6.45) is 3.26. The molecule has 1 N–H and O–H groups in total. The van der Waals surface area contributed by atoms with E-state index < -0.39 is 10.9 Å². The Morgan fingerprint density at radius 1 is 1.43 bits per heavy atom. The van der Waals surface area contributed by atoms with Crippen molar-refractivity contribution in [2.24, 2.45) is 0 Å². The Labute approximate surface area is 120 Å². The van der Waals surface area contributed by atoms with Crippen molar-refractivity contribution in [3.8, 4) is 0 Å². The highest BCUT2D eigenvalue weighted by molar-refractivity contribution is 5.88. The average Bonchev–Trinajstić information content (AvgIpc) is 2.52. The lowest BCUT2D eigenvalue weighted by molar-refractivity contribution is -0.384. The molecule has 0 spiro atoms. The van der Waals surface area contributed by atoms with Crippen molar-refractivity contribution in [1.29, 1.82) is 0 Å². The zero-order chi connectivity index (χ0) is 15.2. The first kappa shape index (κ1) is 14.4. The molecule has 0 fully saturated rings. The molecule has 0 aromatic carbocycles. The lowest BCUT2D eigenvalue weighted by Gasteiger charge is -2.07. The van der Waals surface area contributed by atoms with Gasteiger partial charge in [-0.1, -0.05) is 6.07 Å². The number of hydrogen-bond donors (Lipinski definition) is 1. The second-order valence-corrected chi connectivity index (χ2v) is 4.03. The molecular weight excluding hydrogens is 276 g/mol. The molecule has 0 aliphatic carbocycles. The number of hydrogen-bond acceptors (Lipinski definition) is 7. The largest absolute Gasteiger partial charge is 0.464 e. The van der Waals surface area contributed by atoms with Crippen LogP contribution in [0.3, 0.4) is 0 Å². The fourth-order valence-electron chi connectivity index (χ4n) is 1.64. The van der Waals surface area contributed by atoms with Gasteiger partial charge < -0.3 is 10.1 Å². The summed E-state index contributed by atoms with van der Waals surface area (Å²) in [6, 6.07) is 6.03. The average molecular weight is 288 g/mol. The number of aromatic nitrogens is 2. The fraction of sp³-hybridized carbons (Fsp3) is 0.154. The molecule has 2 aromatic rings. The Kier molecular flexibility index (Phi) is 4.39. The number of nitrogens with one attached hydrogen (secondary N) is 1. The summed E-state index contributed by atoms with van der Waals surface area (Å²) in [5, 5.41) is 13.8. The maximum absolute atomic E-state index is 11.4. The number of carbonyl (C=O) groups excluding carboxylic acids is 1. The first-order valence-electron chi connectivity index (χ1n) is 5.98. The molecule has 0 aliphatic rings. The fourth-order valence-corrected chi connectivity index (χ4v) is 1.64. The van der Waals surface area contributed by atoms with E-state index in [1.807, 2.05) is 6.07 Å². The van der Waals surface area contributed by atoms with Gasteiger partial charge >= 0.3 is 11.7 Å². The highest BCUT2D eigenvalue weighted by Gasteiger charge is 2.18. The Morgan fingerprint density at radius 3 is 2.86 bits per heavy atom. The topological polar surface area (TPSA) is 107 Å². The van der Waals surface area contributed by atoms with Crippen molar-refractivity contribution in [2.45, 2.75) is 6.54 Å². The van der Waals surface area contributed by atoms with Crippen LogP contribution in [0.1, 0.15) is 16.1 Å². The van der Waals surface area contributed by atoms with Crippen molar-refractivity contribution >= 4 is 17.5 Å². The zero-order valence-corrected chi connectivity index (χ0v) is 11.1. The quantitative estimate of drug-likeness (QED) is 0.507. The van der Waals surface area contributed by atoms with Crippen LogP contribution in [-0.4, -0.2) is 28.0 Å². The van der Waals surface area contributed by atoms with E-state index in [9.17, 15) is 14.9 Å². The molecule has 2 aromatic heterocycles. The van der Waals surface area contributed by atoms with E-state index in [1.165, 1.54) is 19.2 Å². The number of carbonyl (C=O) groups is 1. The van der Waals surface area contributed by atoms with Gasteiger partial charge in [0.2, 0.25) is 5.82 Å². The molecule has 0 amide bonds. The van der Waals surface area contributed by atoms with E-state index in [-0.39, 0.29) is 17.2 Å². The van der Waals surface area contributed by atoms with E-state index in [0.717, 1.165) is 5.56 Å². The summed E-state index contributed by atoms with van der Waals surface area (Å²) in [5.74, 6) is -0.652. The number of pyridine rings is 2. The van der Waals surface area contributed by atoms with Crippen molar-refractivity contribution in [2.75, 3.05) is 12.4 Å². The van der Waals surface area contributed by atoms with Crippen LogP contribution in [0.4, 0.5) is 11.5 Å². The predicted octanol–water partition coefficient (Wildman–Crippen LogP) is 1.78. The maximum atomic E-state index is 11.4. The van der Waals surface area contributed by atoms with Gasteiger partial charge in [-0.05, 0) is 17.7 Å². The van der Waals surface area contributed by atoms with Gasteiger partial charge in [-0.25, -0.2) is 9.78 Å². The van der Waals surface area contributed by atoms with Gasteiger partial charge in [0.25, 0.3) is 0 Å². The summed E-state index contributed by atoms with van der Waals surface area (Å²) in [4.78, 5) is 29.7. The molecule has 0 atom stereocenters. The Balaban J connectivity index is 2.26. The van der Waals surface area contributed by atoms with Crippen LogP contribution in [0, 0.1) is 10.1 Å². The smallest absolute Gasteiger partial charge is 0.356 e. The van der Waals surface area contributed by atoms with Gasteiger partial charge in [-0.3, -0.25) is 15.1 Å². The molecule has 2 rings (SSSR count). The number of anilines is 1. The van der Waals surface area contributed by atoms with E-state index in [1.54, 1.807) is 18.5 Å². The first-order chi connectivity index (χ1) is 10.1. The highest BCUT2D eigenvalue weighted by atomic mass is 16.6. The summed E-state index contributed by atoms with van der Waals surface area (Å²) >= 11 is 0. The van der Waals surface area contributed by atoms with Crippen LogP contribution in [0.15, 0.2) is 36.7 Å². The lowest BCUT2D eigenvalue weighted by atomic mass is 10.2. The van der Waals surface area contributed by atoms with Gasteiger partial charge in [0.05, 0.1) is 12.0 Å². The first-order valence-corrected chi connectivity index (χ1v) is 5.98. The number of rotatable bonds is 5. The molecule has 2 heterocycles. The highest BCUT2D eigenvalue weighted by Crippen LogP contribution is 2.23. The number of esters is 1. The minimum atomic E-state index is -0.658. The van der Waals surface area contributed by atoms with Crippen LogP contribution in [0.2, 0.25) is 0 Å². The molecule has 0 bridgehead atoms. The summed E-state index contributed by atoms with van der Waals surface area (Å²) in [7, 11) is 1.22. The van der Waals surface area contributed by atoms with Gasteiger partial charge in [-0.2, -0.15) is 0 Å².